The SMILES string of the molecule is COC(=O)[C@@H]1CC[C@@H]2CCN(C(C)=O)C[C@H](NC(=O)OC(C)(C)C)CN21. The number of carbonyl (C=O) groups excluding carboxylic acids is 3. The van der Waals surface area contributed by atoms with Gasteiger partial charge in [-0.2, -0.15) is 0 Å². The molecule has 3 atom stereocenters. The van der Waals surface area contributed by atoms with Crippen molar-refractivity contribution in [3.05, 3.63) is 0 Å². The van der Waals surface area contributed by atoms with E-state index in [1.165, 1.54) is 14.0 Å². The van der Waals surface area contributed by atoms with Crippen LogP contribution in [0.15, 0.2) is 0 Å². The molecule has 2 heterocycles. The van der Waals surface area contributed by atoms with Crippen LogP contribution in [0.25, 0.3) is 0 Å². The Bertz CT molecular complexity index is 545. The van der Waals surface area contributed by atoms with Gasteiger partial charge in [-0.3, -0.25) is 14.5 Å². The lowest BCUT2D eigenvalue weighted by Gasteiger charge is -2.38. The zero-order chi connectivity index (χ0) is 19.5. The maximum absolute atomic E-state index is 12.2. The number of hydrogen-bond donors (Lipinski definition) is 1. The third-order valence-electron chi connectivity index (χ3n) is 4.89. The van der Waals surface area contributed by atoms with E-state index in [9.17, 15) is 14.4 Å². The molecule has 2 saturated heterocycles. The lowest BCUT2D eigenvalue weighted by atomic mass is 10.1. The van der Waals surface area contributed by atoms with Crippen LogP contribution in [0.4, 0.5) is 4.79 Å². The lowest BCUT2D eigenvalue weighted by Crippen LogP contribution is -2.57. The predicted octanol–water partition coefficient (Wildman–Crippen LogP) is 1.14. The largest absolute Gasteiger partial charge is 0.468 e. The van der Waals surface area contributed by atoms with Gasteiger partial charge < -0.3 is 19.7 Å². The van der Waals surface area contributed by atoms with Crippen LogP contribution < -0.4 is 5.32 Å². The van der Waals surface area contributed by atoms with E-state index in [0.717, 1.165) is 19.3 Å². The van der Waals surface area contributed by atoms with Crippen LogP contribution in [0.3, 0.4) is 0 Å². The molecule has 0 aromatic carbocycles. The average molecular weight is 369 g/mol. The zero-order valence-corrected chi connectivity index (χ0v) is 16.4. The molecule has 2 fully saturated rings. The van der Waals surface area contributed by atoms with E-state index >= 15 is 0 Å². The highest BCUT2D eigenvalue weighted by atomic mass is 16.6. The van der Waals surface area contributed by atoms with Gasteiger partial charge in [0, 0.05) is 32.6 Å². The summed E-state index contributed by atoms with van der Waals surface area (Å²) in [5, 5.41) is 2.87. The quantitative estimate of drug-likeness (QED) is 0.735. The second-order valence-corrected chi connectivity index (χ2v) is 8.06. The molecule has 0 saturated carbocycles. The minimum atomic E-state index is -0.601. The summed E-state index contributed by atoms with van der Waals surface area (Å²) in [6, 6.07) is -0.414. The summed E-state index contributed by atoms with van der Waals surface area (Å²) in [7, 11) is 1.40. The molecule has 2 aliphatic heterocycles. The van der Waals surface area contributed by atoms with Gasteiger partial charge in [0.05, 0.1) is 13.2 Å². The molecular formula is C18H31N3O5. The van der Waals surface area contributed by atoms with Crippen molar-refractivity contribution in [2.45, 2.75) is 70.7 Å². The Balaban J connectivity index is 2.14. The summed E-state index contributed by atoms with van der Waals surface area (Å²) in [5.41, 5.74) is -0.601. The number of amides is 2. The van der Waals surface area contributed by atoms with E-state index in [2.05, 4.69) is 10.2 Å². The van der Waals surface area contributed by atoms with Gasteiger partial charge in [-0.25, -0.2) is 4.79 Å². The van der Waals surface area contributed by atoms with Gasteiger partial charge in [-0.1, -0.05) is 0 Å². The van der Waals surface area contributed by atoms with E-state index in [4.69, 9.17) is 9.47 Å². The van der Waals surface area contributed by atoms with Gasteiger partial charge in [-0.15, -0.1) is 0 Å². The highest BCUT2D eigenvalue weighted by molar-refractivity contribution is 5.76. The van der Waals surface area contributed by atoms with Crippen LogP contribution in [0.2, 0.25) is 0 Å². The molecule has 0 aromatic rings. The lowest BCUT2D eigenvalue weighted by molar-refractivity contribution is -0.147. The molecule has 2 aliphatic rings. The van der Waals surface area contributed by atoms with Gasteiger partial charge in [0.25, 0.3) is 0 Å². The Labute approximate surface area is 155 Å². The first-order valence-corrected chi connectivity index (χ1v) is 9.19. The van der Waals surface area contributed by atoms with Crippen LogP contribution in [0.5, 0.6) is 0 Å². The number of fused-ring (bicyclic) bond motifs is 1. The summed E-state index contributed by atoms with van der Waals surface area (Å²) in [5.74, 6) is -0.260. The number of rotatable bonds is 2. The van der Waals surface area contributed by atoms with Crippen molar-refractivity contribution >= 4 is 18.0 Å². The molecule has 0 bridgehead atoms. The fourth-order valence-electron chi connectivity index (χ4n) is 3.74. The Morgan fingerprint density at radius 1 is 1.08 bits per heavy atom. The van der Waals surface area contributed by atoms with Crippen molar-refractivity contribution in [2.24, 2.45) is 0 Å². The highest BCUT2D eigenvalue weighted by Gasteiger charge is 2.41. The van der Waals surface area contributed by atoms with Gasteiger partial charge in [0.2, 0.25) is 5.91 Å². The number of nitrogens with one attached hydrogen (secondary N) is 1. The Hall–Kier alpha value is -1.83. The first-order valence-electron chi connectivity index (χ1n) is 9.19. The summed E-state index contributed by atoms with van der Waals surface area (Å²) < 4.78 is 10.3. The van der Waals surface area contributed by atoms with Gasteiger partial charge in [-0.05, 0) is 40.0 Å². The normalized spacial score (nSPS) is 27.1. The molecule has 26 heavy (non-hydrogen) atoms. The van der Waals surface area contributed by atoms with E-state index < -0.39 is 11.7 Å². The van der Waals surface area contributed by atoms with Gasteiger partial charge >= 0.3 is 12.1 Å². The highest BCUT2D eigenvalue weighted by Crippen LogP contribution is 2.29. The molecule has 0 aliphatic carbocycles. The number of carbonyl (C=O) groups is 3. The summed E-state index contributed by atoms with van der Waals surface area (Å²) in [4.78, 5) is 40.1. The van der Waals surface area contributed by atoms with Crippen molar-refractivity contribution in [1.82, 2.24) is 15.1 Å². The van der Waals surface area contributed by atoms with Crippen LogP contribution in [-0.4, -0.2) is 78.2 Å². The number of nitrogens with zero attached hydrogens (tertiary/aromatic N) is 2. The first kappa shape index (κ1) is 20.5. The maximum atomic E-state index is 12.2. The topological polar surface area (TPSA) is 88.2 Å². The first-order chi connectivity index (χ1) is 12.1. The van der Waals surface area contributed by atoms with E-state index in [0.29, 0.717) is 19.6 Å². The Kier molecular flexibility index (Phi) is 6.49. The van der Waals surface area contributed by atoms with E-state index in [-0.39, 0.29) is 30.0 Å². The van der Waals surface area contributed by atoms with Gasteiger partial charge in [0.1, 0.15) is 11.6 Å². The van der Waals surface area contributed by atoms with Crippen molar-refractivity contribution in [3.63, 3.8) is 0 Å². The fourth-order valence-corrected chi connectivity index (χ4v) is 3.74. The molecule has 2 rings (SSSR count). The molecule has 1 N–H and O–H groups in total. The molecule has 2 amide bonds. The van der Waals surface area contributed by atoms with E-state index in [1.807, 2.05) is 0 Å². The minimum Gasteiger partial charge on any atom is -0.468 e. The Morgan fingerprint density at radius 2 is 1.77 bits per heavy atom. The predicted molar refractivity (Wildman–Crippen MR) is 95.6 cm³/mol. The van der Waals surface area contributed by atoms with Crippen molar-refractivity contribution < 1.29 is 23.9 Å². The van der Waals surface area contributed by atoms with Crippen molar-refractivity contribution in [2.75, 3.05) is 26.7 Å². The number of alkyl carbamates (subject to hydrolysis) is 1. The summed E-state index contributed by atoms with van der Waals surface area (Å²) >= 11 is 0. The number of hydrogen-bond acceptors (Lipinski definition) is 6. The second-order valence-electron chi connectivity index (χ2n) is 8.06. The van der Waals surface area contributed by atoms with Crippen LogP contribution in [-0.2, 0) is 19.1 Å². The monoisotopic (exact) mass is 369 g/mol. The third kappa shape index (κ3) is 5.33. The molecule has 8 nitrogen and oxygen atoms in total. The molecular weight excluding hydrogens is 338 g/mol. The molecule has 8 heteroatoms. The molecule has 0 unspecified atom stereocenters. The second kappa shape index (κ2) is 8.24. The molecule has 148 valence electrons. The molecule has 0 radical (unpaired) electrons. The average Bonchev–Trinajstić information content (AvgIpc) is 2.87. The number of esters is 1. The smallest absolute Gasteiger partial charge is 0.407 e. The van der Waals surface area contributed by atoms with E-state index in [1.54, 1.807) is 25.7 Å². The summed E-state index contributed by atoms with van der Waals surface area (Å²) in [6.07, 6.45) is 1.91. The number of methoxy groups -OCH3 is 1. The van der Waals surface area contributed by atoms with Crippen LogP contribution in [0.1, 0.15) is 47.0 Å². The third-order valence-corrected chi connectivity index (χ3v) is 4.89. The molecule has 0 spiro atoms. The van der Waals surface area contributed by atoms with Crippen LogP contribution >= 0.6 is 0 Å². The standard InChI is InChI=1S/C18H31N3O5/c1-12(22)20-9-8-14-6-7-15(16(23)25-5)21(14)11-13(10-20)19-17(24)26-18(2,3)4/h13-15H,6-11H2,1-5H3,(H,19,24)/t13-,14+,15-/m0/s1. The minimum absolute atomic E-state index is 0.0167. The van der Waals surface area contributed by atoms with Gasteiger partial charge in [0.15, 0.2) is 0 Å². The van der Waals surface area contributed by atoms with Crippen LogP contribution in [0, 0.1) is 0 Å². The fraction of sp³-hybridized carbons (Fsp3) is 0.833. The zero-order valence-electron chi connectivity index (χ0n) is 16.4. The maximum Gasteiger partial charge on any atom is 0.407 e. The van der Waals surface area contributed by atoms with Crippen molar-refractivity contribution in [1.29, 1.82) is 0 Å². The number of ether oxygens (including phenoxy) is 2. The Morgan fingerprint density at radius 3 is 2.35 bits per heavy atom. The molecule has 0 aromatic heterocycles. The van der Waals surface area contributed by atoms with Crippen molar-refractivity contribution in [3.8, 4) is 0 Å². The summed E-state index contributed by atoms with van der Waals surface area (Å²) in [6.45, 7) is 8.43.